The zero-order valence-electron chi connectivity index (χ0n) is 11.1. The molecule has 0 saturated carbocycles. The fourth-order valence-corrected chi connectivity index (χ4v) is 3.37. The van der Waals surface area contributed by atoms with Crippen LogP contribution in [0.5, 0.6) is 0 Å². The van der Waals surface area contributed by atoms with E-state index in [-0.39, 0.29) is 30.5 Å². The van der Waals surface area contributed by atoms with Crippen LogP contribution in [-0.4, -0.2) is 28.1 Å². The maximum Gasteiger partial charge on any atom is 0.306 e. The lowest BCUT2D eigenvalue weighted by atomic mass is 9.71. The van der Waals surface area contributed by atoms with Crippen molar-refractivity contribution < 1.29 is 19.4 Å². The van der Waals surface area contributed by atoms with Crippen molar-refractivity contribution in [3.63, 3.8) is 0 Å². The van der Waals surface area contributed by atoms with E-state index in [0.717, 1.165) is 6.42 Å². The average Bonchev–Trinajstić information content (AvgIpc) is 2.47. The summed E-state index contributed by atoms with van der Waals surface area (Å²) in [5.41, 5.74) is -1.68. The lowest BCUT2D eigenvalue weighted by Gasteiger charge is -2.41. The number of Topliss-reactive ketones (excluding diaryl/α,β-unsaturated/α-hetero) is 1. The lowest BCUT2D eigenvalue weighted by molar-refractivity contribution is -0.169. The molecule has 1 aliphatic heterocycles. The maximum absolute atomic E-state index is 12.4. The van der Waals surface area contributed by atoms with Crippen molar-refractivity contribution in [3.8, 4) is 0 Å². The summed E-state index contributed by atoms with van der Waals surface area (Å²) >= 11 is 0. The van der Waals surface area contributed by atoms with Gasteiger partial charge in [-0.1, -0.05) is 26.0 Å². The van der Waals surface area contributed by atoms with Crippen LogP contribution >= 0.6 is 0 Å². The first-order chi connectivity index (χ1) is 8.30. The second-order valence-corrected chi connectivity index (χ2v) is 5.87. The number of carbonyl (C=O) groups excluding carboxylic acids is 1. The number of carboxylic acid groups (broad SMARTS) is 1. The molecule has 1 fully saturated rings. The van der Waals surface area contributed by atoms with Crippen LogP contribution in [-0.2, 0) is 14.3 Å². The Hall–Kier alpha value is -1.16. The minimum atomic E-state index is -0.922. The van der Waals surface area contributed by atoms with Crippen LogP contribution < -0.4 is 0 Å². The van der Waals surface area contributed by atoms with Crippen molar-refractivity contribution in [1.82, 2.24) is 0 Å². The molecule has 2 aliphatic rings. The Balaban J connectivity index is 2.33. The van der Waals surface area contributed by atoms with Gasteiger partial charge >= 0.3 is 5.97 Å². The van der Waals surface area contributed by atoms with Crippen LogP contribution in [0.1, 0.15) is 40.0 Å². The maximum atomic E-state index is 12.4. The molecule has 0 radical (unpaired) electrons. The molecule has 100 valence electrons. The van der Waals surface area contributed by atoms with E-state index in [1.54, 1.807) is 6.92 Å². The standard InChI is InChI=1S/C14H20O4/c1-9-5-4-6-10(2)14(9)11(15)7-13(3,18-14)8-12(16)17/h4-5,9-10H,6-8H2,1-3H3,(H,16,17). The van der Waals surface area contributed by atoms with Gasteiger partial charge in [-0.05, 0) is 19.3 Å². The summed E-state index contributed by atoms with van der Waals surface area (Å²) in [5, 5.41) is 8.94. The molecule has 1 N–H and O–H groups in total. The number of aliphatic carboxylic acids is 1. The van der Waals surface area contributed by atoms with Crippen LogP contribution in [0.2, 0.25) is 0 Å². The first-order valence-electron chi connectivity index (χ1n) is 6.42. The number of hydrogen-bond donors (Lipinski definition) is 1. The predicted molar refractivity (Wildman–Crippen MR) is 66.2 cm³/mol. The molecular formula is C14H20O4. The van der Waals surface area contributed by atoms with Crippen LogP contribution in [0.3, 0.4) is 0 Å². The van der Waals surface area contributed by atoms with E-state index in [1.165, 1.54) is 0 Å². The third kappa shape index (κ3) is 1.88. The molecule has 0 aromatic heterocycles. The van der Waals surface area contributed by atoms with Crippen LogP contribution in [0.15, 0.2) is 12.2 Å². The van der Waals surface area contributed by atoms with E-state index in [4.69, 9.17) is 9.84 Å². The van der Waals surface area contributed by atoms with Gasteiger partial charge in [-0.3, -0.25) is 9.59 Å². The summed E-state index contributed by atoms with van der Waals surface area (Å²) in [6.45, 7) is 5.70. The first-order valence-corrected chi connectivity index (χ1v) is 6.42. The molecule has 4 nitrogen and oxygen atoms in total. The summed E-state index contributed by atoms with van der Waals surface area (Å²) in [4.78, 5) is 23.3. The van der Waals surface area contributed by atoms with E-state index in [0.29, 0.717) is 0 Å². The van der Waals surface area contributed by atoms with E-state index in [2.05, 4.69) is 6.08 Å². The molecule has 18 heavy (non-hydrogen) atoms. The minimum absolute atomic E-state index is 0.00405. The number of ketones is 1. The molecule has 1 spiro atoms. The molecule has 0 bridgehead atoms. The van der Waals surface area contributed by atoms with Gasteiger partial charge < -0.3 is 9.84 Å². The zero-order chi connectivity index (χ0) is 13.6. The lowest BCUT2D eigenvalue weighted by Crippen LogP contribution is -2.50. The Morgan fingerprint density at radius 2 is 2.22 bits per heavy atom. The summed E-state index contributed by atoms with van der Waals surface area (Å²) in [6.07, 6.45) is 4.96. The van der Waals surface area contributed by atoms with Gasteiger partial charge in [-0.25, -0.2) is 0 Å². The second-order valence-electron chi connectivity index (χ2n) is 5.87. The topological polar surface area (TPSA) is 63.6 Å². The van der Waals surface area contributed by atoms with Crippen molar-refractivity contribution in [2.24, 2.45) is 11.8 Å². The highest BCUT2D eigenvalue weighted by Crippen LogP contribution is 2.48. The number of allylic oxidation sites excluding steroid dienone is 1. The van der Waals surface area contributed by atoms with Crippen LogP contribution in [0.4, 0.5) is 0 Å². The van der Waals surface area contributed by atoms with E-state index in [1.807, 2.05) is 19.9 Å². The van der Waals surface area contributed by atoms with Gasteiger partial charge in [-0.2, -0.15) is 0 Å². The Morgan fingerprint density at radius 3 is 2.78 bits per heavy atom. The smallest absolute Gasteiger partial charge is 0.306 e. The highest BCUT2D eigenvalue weighted by Gasteiger charge is 2.59. The Labute approximate surface area is 107 Å². The fourth-order valence-electron chi connectivity index (χ4n) is 3.37. The summed E-state index contributed by atoms with van der Waals surface area (Å²) in [5.74, 6) is -0.769. The molecule has 4 atom stereocenters. The quantitative estimate of drug-likeness (QED) is 0.765. The highest BCUT2D eigenvalue weighted by atomic mass is 16.5. The number of ether oxygens (including phenoxy) is 1. The predicted octanol–water partition coefficient (Wildman–Crippen LogP) is 2.18. The SMILES string of the molecule is CC1C=CCC(C)C12OC(C)(CC(=O)O)CC2=O. The largest absolute Gasteiger partial charge is 0.481 e. The number of rotatable bonds is 2. The summed E-state index contributed by atoms with van der Waals surface area (Å²) < 4.78 is 6.04. The van der Waals surface area contributed by atoms with Crippen molar-refractivity contribution in [2.75, 3.05) is 0 Å². The summed E-state index contributed by atoms with van der Waals surface area (Å²) in [7, 11) is 0. The van der Waals surface area contributed by atoms with Gasteiger partial charge in [0, 0.05) is 12.3 Å². The average molecular weight is 252 g/mol. The molecule has 1 heterocycles. The van der Waals surface area contributed by atoms with Gasteiger partial charge in [0.15, 0.2) is 5.78 Å². The van der Waals surface area contributed by atoms with E-state index in [9.17, 15) is 9.59 Å². The Bertz CT molecular complexity index is 414. The molecule has 0 aromatic rings. The molecule has 4 heteroatoms. The number of carbonyl (C=O) groups is 2. The molecule has 1 aliphatic carbocycles. The van der Waals surface area contributed by atoms with Gasteiger partial charge in [0.05, 0.1) is 12.0 Å². The monoisotopic (exact) mass is 252 g/mol. The molecule has 2 rings (SSSR count). The number of hydrogen-bond acceptors (Lipinski definition) is 3. The van der Waals surface area contributed by atoms with Crippen molar-refractivity contribution >= 4 is 11.8 Å². The van der Waals surface area contributed by atoms with Crippen LogP contribution in [0, 0.1) is 11.8 Å². The van der Waals surface area contributed by atoms with Crippen molar-refractivity contribution in [1.29, 1.82) is 0 Å². The third-order valence-corrected chi connectivity index (χ3v) is 4.23. The molecular weight excluding hydrogens is 232 g/mol. The zero-order valence-corrected chi connectivity index (χ0v) is 11.1. The molecule has 0 amide bonds. The van der Waals surface area contributed by atoms with Gasteiger partial charge in [0.25, 0.3) is 0 Å². The normalized spacial score (nSPS) is 43.6. The van der Waals surface area contributed by atoms with E-state index < -0.39 is 17.2 Å². The molecule has 1 saturated heterocycles. The third-order valence-electron chi connectivity index (χ3n) is 4.23. The van der Waals surface area contributed by atoms with Gasteiger partial charge in [-0.15, -0.1) is 0 Å². The van der Waals surface area contributed by atoms with E-state index >= 15 is 0 Å². The molecule has 0 aromatic carbocycles. The fraction of sp³-hybridized carbons (Fsp3) is 0.714. The Morgan fingerprint density at radius 1 is 1.56 bits per heavy atom. The number of carboxylic acids is 1. The first kappa shape index (κ1) is 13.3. The summed E-state index contributed by atoms with van der Waals surface area (Å²) in [6, 6.07) is 0. The van der Waals surface area contributed by atoms with Crippen molar-refractivity contribution in [2.45, 2.75) is 51.2 Å². The van der Waals surface area contributed by atoms with Crippen molar-refractivity contribution in [3.05, 3.63) is 12.2 Å². The Kier molecular flexibility index (Phi) is 3.09. The minimum Gasteiger partial charge on any atom is -0.481 e. The van der Waals surface area contributed by atoms with Crippen LogP contribution in [0.25, 0.3) is 0 Å². The molecule has 4 unspecified atom stereocenters. The van der Waals surface area contributed by atoms with Gasteiger partial charge in [0.2, 0.25) is 0 Å². The second kappa shape index (κ2) is 4.19. The van der Waals surface area contributed by atoms with Gasteiger partial charge in [0.1, 0.15) is 5.60 Å². The highest BCUT2D eigenvalue weighted by molar-refractivity contribution is 5.92.